The van der Waals surface area contributed by atoms with Gasteiger partial charge in [-0.2, -0.15) is 0 Å². The summed E-state index contributed by atoms with van der Waals surface area (Å²) in [6.45, 7) is 8.55. The van der Waals surface area contributed by atoms with Crippen molar-refractivity contribution in [3.05, 3.63) is 23.8 Å². The van der Waals surface area contributed by atoms with Crippen LogP contribution in [0.3, 0.4) is 0 Å². The monoisotopic (exact) mass is 422 g/mol. The molecule has 170 valence electrons. The second kappa shape index (κ2) is 14.7. The molecule has 7 heteroatoms. The molecule has 1 unspecified atom stereocenters. The molecule has 0 spiro atoms. The minimum absolute atomic E-state index is 0.0628. The van der Waals surface area contributed by atoms with Crippen molar-refractivity contribution in [1.29, 1.82) is 0 Å². The molecule has 0 aromatic heterocycles. The van der Waals surface area contributed by atoms with Crippen LogP contribution in [0.15, 0.2) is 18.2 Å². The summed E-state index contributed by atoms with van der Waals surface area (Å²) in [5.41, 5.74) is 0.924. The number of hydrogen-bond acceptors (Lipinski definition) is 5. The predicted octanol–water partition coefficient (Wildman–Crippen LogP) is 3.72. The first kappa shape index (κ1) is 25.8. The smallest absolute Gasteiger partial charge is 0.222 e. The molecule has 1 atom stereocenters. The third-order valence-corrected chi connectivity index (χ3v) is 4.74. The van der Waals surface area contributed by atoms with Crippen LogP contribution in [0.5, 0.6) is 11.5 Å². The average Bonchev–Trinajstić information content (AvgIpc) is 2.73. The number of carbonyl (C=O) groups is 2. The molecule has 1 aromatic rings. The molecule has 0 fully saturated rings. The Kier molecular flexibility index (Phi) is 12.6. The van der Waals surface area contributed by atoms with Gasteiger partial charge in [-0.3, -0.25) is 9.59 Å². The second-order valence-corrected chi connectivity index (χ2v) is 7.28. The van der Waals surface area contributed by atoms with Gasteiger partial charge in [-0.05, 0) is 43.9 Å². The Labute approximate surface area is 181 Å². The Balaban J connectivity index is 2.52. The molecule has 0 aliphatic heterocycles. The summed E-state index contributed by atoms with van der Waals surface area (Å²) in [5, 5.41) is 2.99. The molecule has 0 heterocycles. The van der Waals surface area contributed by atoms with Crippen molar-refractivity contribution in [1.82, 2.24) is 10.2 Å². The number of ether oxygens (including phenoxy) is 3. The molecule has 0 aliphatic rings. The minimum Gasteiger partial charge on any atom is -0.493 e. The second-order valence-electron chi connectivity index (χ2n) is 7.28. The van der Waals surface area contributed by atoms with Crippen LogP contribution in [-0.4, -0.2) is 57.2 Å². The number of methoxy groups -OCH3 is 2. The summed E-state index contributed by atoms with van der Waals surface area (Å²) in [5.74, 6) is 1.32. The number of carbonyl (C=O) groups excluding carboxylic acids is 2. The van der Waals surface area contributed by atoms with Crippen LogP contribution < -0.4 is 14.8 Å². The first-order valence-corrected chi connectivity index (χ1v) is 10.8. The highest BCUT2D eigenvalue weighted by Crippen LogP contribution is 2.30. The van der Waals surface area contributed by atoms with E-state index < -0.39 is 0 Å². The Morgan fingerprint density at radius 1 is 1.03 bits per heavy atom. The maximum atomic E-state index is 12.3. The Bertz CT molecular complexity index is 644. The molecular weight excluding hydrogens is 384 g/mol. The van der Waals surface area contributed by atoms with Gasteiger partial charge in [-0.1, -0.05) is 19.9 Å². The normalized spacial score (nSPS) is 11.6. The van der Waals surface area contributed by atoms with Crippen LogP contribution in [0.1, 0.15) is 64.5 Å². The van der Waals surface area contributed by atoms with Crippen LogP contribution in [0.2, 0.25) is 0 Å². The maximum Gasteiger partial charge on any atom is 0.222 e. The lowest BCUT2D eigenvalue weighted by Crippen LogP contribution is -2.32. The Hall–Kier alpha value is -2.28. The summed E-state index contributed by atoms with van der Waals surface area (Å²) >= 11 is 0. The zero-order valence-electron chi connectivity index (χ0n) is 19.2. The average molecular weight is 423 g/mol. The zero-order valence-corrected chi connectivity index (χ0v) is 19.2. The fourth-order valence-electron chi connectivity index (χ4n) is 3.16. The summed E-state index contributed by atoms with van der Waals surface area (Å²) in [6, 6.07) is 5.43. The third kappa shape index (κ3) is 9.03. The van der Waals surface area contributed by atoms with E-state index in [1.807, 2.05) is 30.0 Å². The zero-order chi connectivity index (χ0) is 22.4. The molecule has 0 saturated heterocycles. The van der Waals surface area contributed by atoms with E-state index in [1.165, 1.54) is 0 Å². The summed E-state index contributed by atoms with van der Waals surface area (Å²) in [4.78, 5) is 26.5. The number of nitrogens with zero attached hydrogens (tertiary/aromatic N) is 1. The number of amides is 2. The Morgan fingerprint density at radius 3 is 2.33 bits per heavy atom. The van der Waals surface area contributed by atoms with Crippen LogP contribution >= 0.6 is 0 Å². The fourth-order valence-corrected chi connectivity index (χ4v) is 3.16. The highest BCUT2D eigenvalue weighted by molar-refractivity contribution is 5.79. The molecular formula is C23H38N2O5. The van der Waals surface area contributed by atoms with Crippen molar-refractivity contribution in [2.75, 3.05) is 40.5 Å². The quantitative estimate of drug-likeness (QED) is 0.436. The van der Waals surface area contributed by atoms with Gasteiger partial charge in [-0.25, -0.2) is 0 Å². The highest BCUT2D eigenvalue weighted by Gasteiger charge is 2.15. The molecule has 0 bridgehead atoms. The van der Waals surface area contributed by atoms with Crippen molar-refractivity contribution in [2.24, 2.45) is 0 Å². The van der Waals surface area contributed by atoms with Crippen LogP contribution in [-0.2, 0) is 14.3 Å². The van der Waals surface area contributed by atoms with E-state index in [0.29, 0.717) is 44.0 Å². The van der Waals surface area contributed by atoms with Gasteiger partial charge in [0, 0.05) is 33.0 Å². The number of nitrogens with one attached hydrogen (secondary N) is 1. The van der Waals surface area contributed by atoms with Gasteiger partial charge in [-0.15, -0.1) is 0 Å². The van der Waals surface area contributed by atoms with E-state index >= 15 is 0 Å². The predicted molar refractivity (Wildman–Crippen MR) is 118 cm³/mol. The van der Waals surface area contributed by atoms with E-state index in [1.54, 1.807) is 14.2 Å². The van der Waals surface area contributed by atoms with E-state index in [0.717, 1.165) is 31.5 Å². The minimum atomic E-state index is -0.174. The molecule has 7 nitrogen and oxygen atoms in total. The van der Waals surface area contributed by atoms with Gasteiger partial charge < -0.3 is 24.4 Å². The SMILES string of the molecule is CCCN(CCC)C(=O)CCCC(=O)NC(C)c1ccc(OCCOC)c(OC)c1. The first-order chi connectivity index (χ1) is 14.5. The molecule has 2 amide bonds. The van der Waals surface area contributed by atoms with E-state index in [-0.39, 0.29) is 17.9 Å². The van der Waals surface area contributed by atoms with Gasteiger partial charge >= 0.3 is 0 Å². The van der Waals surface area contributed by atoms with Crippen LogP contribution in [0.25, 0.3) is 0 Å². The lowest BCUT2D eigenvalue weighted by atomic mass is 10.1. The van der Waals surface area contributed by atoms with E-state index in [2.05, 4.69) is 19.2 Å². The molecule has 30 heavy (non-hydrogen) atoms. The van der Waals surface area contributed by atoms with Gasteiger partial charge in [0.25, 0.3) is 0 Å². The van der Waals surface area contributed by atoms with Gasteiger partial charge in [0.05, 0.1) is 19.8 Å². The van der Waals surface area contributed by atoms with Gasteiger partial charge in [0.15, 0.2) is 11.5 Å². The molecule has 0 aliphatic carbocycles. The largest absolute Gasteiger partial charge is 0.493 e. The molecule has 1 aromatic carbocycles. The number of rotatable bonds is 15. The van der Waals surface area contributed by atoms with E-state index in [4.69, 9.17) is 14.2 Å². The lowest BCUT2D eigenvalue weighted by molar-refractivity contribution is -0.131. The summed E-state index contributed by atoms with van der Waals surface area (Å²) < 4.78 is 16.0. The Morgan fingerprint density at radius 2 is 1.73 bits per heavy atom. The molecule has 1 rings (SSSR count). The van der Waals surface area contributed by atoms with Crippen molar-refractivity contribution in [3.63, 3.8) is 0 Å². The number of benzene rings is 1. The highest BCUT2D eigenvalue weighted by atomic mass is 16.5. The van der Waals surface area contributed by atoms with Gasteiger partial charge in [0.2, 0.25) is 11.8 Å². The van der Waals surface area contributed by atoms with Crippen LogP contribution in [0.4, 0.5) is 0 Å². The first-order valence-electron chi connectivity index (χ1n) is 10.8. The summed E-state index contributed by atoms with van der Waals surface area (Å²) in [6.07, 6.45) is 3.18. The topological polar surface area (TPSA) is 77.1 Å². The third-order valence-electron chi connectivity index (χ3n) is 4.74. The van der Waals surface area contributed by atoms with Crippen molar-refractivity contribution in [3.8, 4) is 11.5 Å². The lowest BCUT2D eigenvalue weighted by Gasteiger charge is -2.21. The standard InChI is InChI=1S/C23H38N2O5/c1-6-13-25(14-7-2)23(27)10-8-9-22(26)24-18(3)19-11-12-20(21(17-19)29-5)30-16-15-28-4/h11-12,17-18H,6-10,13-16H2,1-5H3,(H,24,26). The fraction of sp³-hybridized carbons (Fsp3) is 0.652. The van der Waals surface area contributed by atoms with Crippen molar-refractivity contribution in [2.45, 2.75) is 58.9 Å². The van der Waals surface area contributed by atoms with Crippen molar-refractivity contribution >= 4 is 11.8 Å². The molecule has 0 saturated carbocycles. The number of hydrogen-bond donors (Lipinski definition) is 1. The molecule has 1 N–H and O–H groups in total. The van der Waals surface area contributed by atoms with E-state index in [9.17, 15) is 9.59 Å². The van der Waals surface area contributed by atoms with Crippen molar-refractivity contribution < 1.29 is 23.8 Å². The maximum absolute atomic E-state index is 12.3. The van der Waals surface area contributed by atoms with Crippen LogP contribution in [0, 0.1) is 0 Å². The van der Waals surface area contributed by atoms with Gasteiger partial charge in [0.1, 0.15) is 6.61 Å². The summed E-state index contributed by atoms with van der Waals surface area (Å²) in [7, 11) is 3.21. The molecule has 0 radical (unpaired) electrons.